The van der Waals surface area contributed by atoms with Gasteiger partial charge in [0.05, 0.1) is 5.38 Å². The van der Waals surface area contributed by atoms with Crippen LogP contribution in [0.3, 0.4) is 0 Å². The van der Waals surface area contributed by atoms with E-state index in [4.69, 9.17) is 16.0 Å². The molecule has 0 saturated heterocycles. The second kappa shape index (κ2) is 5.23. The van der Waals surface area contributed by atoms with Crippen LogP contribution in [0.1, 0.15) is 45.6 Å². The second-order valence-corrected chi connectivity index (χ2v) is 6.02. The van der Waals surface area contributed by atoms with E-state index in [9.17, 15) is 4.79 Å². The van der Waals surface area contributed by atoms with Gasteiger partial charge in [0.1, 0.15) is 11.5 Å². The number of carbonyl (C=O) groups is 1. The Hall–Kier alpha value is -1.74. The van der Waals surface area contributed by atoms with Gasteiger partial charge in [0.25, 0.3) is 0 Å². The van der Waals surface area contributed by atoms with Crippen LogP contribution in [-0.4, -0.2) is 5.91 Å². The van der Waals surface area contributed by atoms with Crippen LogP contribution in [0.25, 0.3) is 0 Å². The number of benzene rings is 1. The molecular weight excluding hydrogens is 286 g/mol. The molecule has 4 heteroatoms. The van der Waals surface area contributed by atoms with Gasteiger partial charge in [0, 0.05) is 17.7 Å². The van der Waals surface area contributed by atoms with E-state index in [-0.39, 0.29) is 11.3 Å². The van der Waals surface area contributed by atoms with Gasteiger partial charge in [-0.25, -0.2) is 0 Å². The van der Waals surface area contributed by atoms with Crippen molar-refractivity contribution in [1.29, 1.82) is 0 Å². The van der Waals surface area contributed by atoms with E-state index in [0.717, 1.165) is 45.9 Å². The Morgan fingerprint density at radius 3 is 2.62 bits per heavy atom. The molecule has 0 aliphatic carbocycles. The first-order valence-corrected chi connectivity index (χ1v) is 7.54. The van der Waals surface area contributed by atoms with Crippen molar-refractivity contribution in [2.24, 2.45) is 0 Å². The van der Waals surface area contributed by atoms with Gasteiger partial charge in [-0.15, -0.1) is 11.6 Å². The standard InChI is InChI=1S/C17H18ClNO2/c1-9-10(2)21-11(3)16(9)17(18)13-4-6-14-12(8-13)5-7-15(20)19-14/h4,6,8,17H,5,7H2,1-3H3,(H,19,20). The van der Waals surface area contributed by atoms with Crippen molar-refractivity contribution in [3.8, 4) is 0 Å². The molecule has 3 nitrogen and oxygen atoms in total. The third-order valence-electron chi connectivity index (χ3n) is 4.19. The lowest BCUT2D eigenvalue weighted by Crippen LogP contribution is -2.19. The van der Waals surface area contributed by atoms with Crippen molar-refractivity contribution < 1.29 is 9.21 Å². The van der Waals surface area contributed by atoms with Crippen LogP contribution in [0.4, 0.5) is 5.69 Å². The number of carbonyl (C=O) groups excluding carboxylic acids is 1. The number of furan rings is 1. The van der Waals surface area contributed by atoms with Gasteiger partial charge in [-0.1, -0.05) is 12.1 Å². The molecule has 1 amide bonds. The molecule has 1 N–H and O–H groups in total. The van der Waals surface area contributed by atoms with Crippen LogP contribution in [-0.2, 0) is 11.2 Å². The molecule has 110 valence electrons. The average Bonchev–Trinajstić information content (AvgIpc) is 2.71. The number of fused-ring (bicyclic) bond motifs is 1. The van der Waals surface area contributed by atoms with E-state index < -0.39 is 0 Å². The van der Waals surface area contributed by atoms with Crippen LogP contribution in [0.5, 0.6) is 0 Å². The largest absolute Gasteiger partial charge is 0.466 e. The molecule has 0 spiro atoms. The van der Waals surface area contributed by atoms with Crippen LogP contribution >= 0.6 is 11.6 Å². The molecular formula is C17H18ClNO2. The lowest BCUT2D eigenvalue weighted by atomic mass is 9.95. The summed E-state index contributed by atoms with van der Waals surface area (Å²) < 4.78 is 5.67. The van der Waals surface area contributed by atoms with Crippen LogP contribution in [0, 0.1) is 20.8 Å². The van der Waals surface area contributed by atoms with Crippen molar-refractivity contribution in [3.05, 3.63) is 52.0 Å². The van der Waals surface area contributed by atoms with Gasteiger partial charge in [-0.2, -0.15) is 0 Å². The SMILES string of the molecule is Cc1oc(C)c(C(Cl)c2ccc3c(c2)CCC(=O)N3)c1C. The molecule has 21 heavy (non-hydrogen) atoms. The van der Waals surface area contributed by atoms with Crippen molar-refractivity contribution in [3.63, 3.8) is 0 Å². The summed E-state index contributed by atoms with van der Waals surface area (Å²) in [4.78, 5) is 11.4. The molecule has 3 rings (SSSR count). The summed E-state index contributed by atoms with van der Waals surface area (Å²) in [6.07, 6.45) is 1.30. The highest BCUT2D eigenvalue weighted by Crippen LogP contribution is 2.37. The van der Waals surface area contributed by atoms with Gasteiger partial charge in [0.15, 0.2) is 0 Å². The van der Waals surface area contributed by atoms with Crippen molar-refractivity contribution in [1.82, 2.24) is 0 Å². The van der Waals surface area contributed by atoms with Crippen LogP contribution in [0.15, 0.2) is 22.6 Å². The fourth-order valence-electron chi connectivity index (χ4n) is 2.91. The quantitative estimate of drug-likeness (QED) is 0.835. The first-order valence-electron chi connectivity index (χ1n) is 7.10. The Morgan fingerprint density at radius 1 is 1.19 bits per heavy atom. The second-order valence-electron chi connectivity index (χ2n) is 5.58. The van der Waals surface area contributed by atoms with E-state index >= 15 is 0 Å². The van der Waals surface area contributed by atoms with Crippen LogP contribution < -0.4 is 5.32 Å². The zero-order valence-corrected chi connectivity index (χ0v) is 13.2. The molecule has 1 aromatic heterocycles. The molecule has 0 fully saturated rings. The van der Waals surface area contributed by atoms with Crippen LogP contribution in [0.2, 0.25) is 0 Å². The Labute approximate surface area is 129 Å². The highest BCUT2D eigenvalue weighted by atomic mass is 35.5. The number of anilines is 1. The molecule has 0 bridgehead atoms. The zero-order valence-electron chi connectivity index (χ0n) is 12.4. The molecule has 1 atom stereocenters. The summed E-state index contributed by atoms with van der Waals surface area (Å²) in [5.74, 6) is 1.87. The Bertz CT molecular complexity index is 718. The van der Waals surface area contributed by atoms with Gasteiger partial charge in [-0.05, 0) is 49.9 Å². The van der Waals surface area contributed by atoms with E-state index in [0.29, 0.717) is 6.42 Å². The average molecular weight is 304 g/mol. The minimum absolute atomic E-state index is 0.0785. The van der Waals surface area contributed by atoms with E-state index in [1.54, 1.807) is 0 Å². The monoisotopic (exact) mass is 303 g/mol. The fourth-order valence-corrected chi connectivity index (χ4v) is 3.36. The molecule has 1 unspecified atom stereocenters. The maximum Gasteiger partial charge on any atom is 0.224 e. The van der Waals surface area contributed by atoms with E-state index in [2.05, 4.69) is 11.4 Å². The van der Waals surface area contributed by atoms with Crippen molar-refractivity contribution in [2.45, 2.75) is 39.0 Å². The molecule has 1 aromatic carbocycles. The predicted octanol–water partition coefficient (Wildman–Crippen LogP) is 4.42. The molecule has 2 heterocycles. The van der Waals surface area contributed by atoms with Gasteiger partial charge >= 0.3 is 0 Å². The summed E-state index contributed by atoms with van der Waals surface area (Å²) in [7, 11) is 0. The number of hydrogen-bond acceptors (Lipinski definition) is 2. The van der Waals surface area contributed by atoms with E-state index in [1.165, 1.54) is 0 Å². The molecule has 2 aromatic rings. The highest BCUT2D eigenvalue weighted by Gasteiger charge is 2.22. The van der Waals surface area contributed by atoms with E-state index in [1.807, 2.05) is 32.9 Å². The normalized spacial score (nSPS) is 15.5. The lowest BCUT2D eigenvalue weighted by Gasteiger charge is -2.19. The summed E-state index contributed by atoms with van der Waals surface area (Å²) in [6, 6.07) is 6.01. The molecule has 1 aliphatic heterocycles. The first kappa shape index (κ1) is 14.2. The molecule has 0 radical (unpaired) electrons. The smallest absolute Gasteiger partial charge is 0.224 e. The lowest BCUT2D eigenvalue weighted by molar-refractivity contribution is -0.116. The predicted molar refractivity (Wildman–Crippen MR) is 84.0 cm³/mol. The number of halogens is 1. The van der Waals surface area contributed by atoms with Crippen molar-refractivity contribution >= 4 is 23.2 Å². The summed E-state index contributed by atoms with van der Waals surface area (Å²) in [5.41, 5.74) is 5.25. The molecule has 1 aliphatic rings. The molecule has 0 saturated carbocycles. The fraction of sp³-hybridized carbons (Fsp3) is 0.353. The first-order chi connectivity index (χ1) is 9.97. The number of nitrogens with one attached hydrogen (secondary N) is 1. The number of aryl methyl sites for hydroxylation is 3. The number of amides is 1. The van der Waals surface area contributed by atoms with Gasteiger partial charge < -0.3 is 9.73 Å². The minimum atomic E-state index is -0.231. The Balaban J connectivity index is 1.99. The Kier molecular flexibility index (Phi) is 3.54. The van der Waals surface area contributed by atoms with Crippen molar-refractivity contribution in [2.75, 3.05) is 5.32 Å². The summed E-state index contributed by atoms with van der Waals surface area (Å²) in [6.45, 7) is 5.94. The topological polar surface area (TPSA) is 42.2 Å². The highest BCUT2D eigenvalue weighted by molar-refractivity contribution is 6.22. The minimum Gasteiger partial charge on any atom is -0.466 e. The maximum atomic E-state index is 11.4. The summed E-state index contributed by atoms with van der Waals surface area (Å²) in [5, 5.41) is 2.66. The number of rotatable bonds is 2. The third-order valence-corrected chi connectivity index (χ3v) is 4.66. The van der Waals surface area contributed by atoms with Gasteiger partial charge in [-0.3, -0.25) is 4.79 Å². The van der Waals surface area contributed by atoms with Gasteiger partial charge in [0.2, 0.25) is 5.91 Å². The number of alkyl halides is 1. The number of hydrogen-bond donors (Lipinski definition) is 1. The Morgan fingerprint density at radius 2 is 1.95 bits per heavy atom. The summed E-state index contributed by atoms with van der Waals surface area (Å²) >= 11 is 6.68. The zero-order chi connectivity index (χ0) is 15.1. The maximum absolute atomic E-state index is 11.4. The third kappa shape index (κ3) is 2.46.